The van der Waals surface area contributed by atoms with Crippen LogP contribution in [0.1, 0.15) is 45.4 Å². The normalized spacial score (nSPS) is 17.6. The van der Waals surface area contributed by atoms with Crippen LogP contribution in [0.15, 0.2) is 0 Å². The van der Waals surface area contributed by atoms with Crippen LogP contribution in [0.4, 0.5) is 4.79 Å². The molecule has 1 fully saturated rings. The van der Waals surface area contributed by atoms with Crippen molar-refractivity contribution in [3.8, 4) is 0 Å². The second-order valence-electron chi connectivity index (χ2n) is 4.75. The van der Waals surface area contributed by atoms with E-state index in [0.29, 0.717) is 0 Å². The van der Waals surface area contributed by atoms with Crippen LogP contribution in [0.25, 0.3) is 0 Å². The van der Waals surface area contributed by atoms with Crippen LogP contribution in [0.5, 0.6) is 0 Å². The SMILES string of the molecule is CC(CCCO)NC(=O)NCCC1CCC1. The number of hydrogen-bond donors (Lipinski definition) is 3. The number of urea groups is 1. The highest BCUT2D eigenvalue weighted by molar-refractivity contribution is 5.74. The van der Waals surface area contributed by atoms with Crippen LogP contribution < -0.4 is 10.6 Å². The molecule has 1 atom stereocenters. The summed E-state index contributed by atoms with van der Waals surface area (Å²) >= 11 is 0. The summed E-state index contributed by atoms with van der Waals surface area (Å²) in [4.78, 5) is 11.4. The molecule has 0 saturated heterocycles. The van der Waals surface area contributed by atoms with Gasteiger partial charge in [0.25, 0.3) is 0 Å². The third-order valence-electron chi connectivity index (χ3n) is 3.24. The molecule has 3 N–H and O–H groups in total. The summed E-state index contributed by atoms with van der Waals surface area (Å²) in [5, 5.41) is 14.4. The smallest absolute Gasteiger partial charge is 0.314 e. The lowest BCUT2D eigenvalue weighted by Crippen LogP contribution is -2.41. The van der Waals surface area contributed by atoms with E-state index in [9.17, 15) is 4.79 Å². The van der Waals surface area contributed by atoms with Crippen LogP contribution >= 0.6 is 0 Å². The van der Waals surface area contributed by atoms with Gasteiger partial charge in [-0.05, 0) is 32.1 Å². The van der Waals surface area contributed by atoms with Crippen molar-refractivity contribution in [2.75, 3.05) is 13.2 Å². The lowest BCUT2D eigenvalue weighted by Gasteiger charge is -2.25. The molecule has 1 rings (SSSR count). The van der Waals surface area contributed by atoms with Gasteiger partial charge in [-0.25, -0.2) is 4.79 Å². The third-order valence-corrected chi connectivity index (χ3v) is 3.24. The lowest BCUT2D eigenvalue weighted by molar-refractivity contribution is 0.231. The van der Waals surface area contributed by atoms with Crippen LogP contribution in [-0.2, 0) is 0 Å². The number of hydrogen-bond acceptors (Lipinski definition) is 2. The number of aliphatic hydroxyl groups is 1. The average molecular weight is 228 g/mol. The fourth-order valence-electron chi connectivity index (χ4n) is 1.92. The maximum atomic E-state index is 11.4. The molecular formula is C12H24N2O2. The van der Waals surface area contributed by atoms with Crippen LogP contribution in [0, 0.1) is 5.92 Å². The first kappa shape index (κ1) is 13.3. The summed E-state index contributed by atoms with van der Waals surface area (Å²) in [7, 11) is 0. The Hall–Kier alpha value is -0.770. The topological polar surface area (TPSA) is 61.4 Å². The Bertz CT molecular complexity index is 205. The van der Waals surface area contributed by atoms with E-state index in [1.54, 1.807) is 0 Å². The van der Waals surface area contributed by atoms with Gasteiger partial charge in [0, 0.05) is 19.2 Å². The van der Waals surface area contributed by atoms with Gasteiger partial charge in [0.05, 0.1) is 0 Å². The van der Waals surface area contributed by atoms with Crippen molar-refractivity contribution in [1.29, 1.82) is 0 Å². The van der Waals surface area contributed by atoms with Crippen molar-refractivity contribution in [1.82, 2.24) is 10.6 Å². The molecule has 0 aromatic heterocycles. The molecule has 1 unspecified atom stereocenters. The Kier molecular flexibility index (Phi) is 6.23. The number of amides is 2. The minimum atomic E-state index is -0.0789. The van der Waals surface area contributed by atoms with Crippen LogP contribution in [0.3, 0.4) is 0 Å². The monoisotopic (exact) mass is 228 g/mol. The number of carbonyl (C=O) groups is 1. The van der Waals surface area contributed by atoms with Crippen LogP contribution in [-0.4, -0.2) is 30.3 Å². The molecule has 2 amide bonds. The standard InChI is InChI=1S/C12H24N2O2/c1-10(4-3-9-15)14-12(16)13-8-7-11-5-2-6-11/h10-11,15H,2-9H2,1H3,(H2,13,14,16). The highest BCUT2D eigenvalue weighted by Gasteiger charge is 2.16. The first-order valence-corrected chi connectivity index (χ1v) is 6.37. The minimum absolute atomic E-state index is 0.0789. The van der Waals surface area contributed by atoms with Crippen molar-refractivity contribution < 1.29 is 9.90 Å². The summed E-state index contributed by atoms with van der Waals surface area (Å²) in [6.45, 7) is 2.93. The van der Waals surface area contributed by atoms with Crippen LogP contribution in [0.2, 0.25) is 0 Å². The van der Waals surface area contributed by atoms with Crippen molar-refractivity contribution in [3.05, 3.63) is 0 Å². The van der Waals surface area contributed by atoms with Gasteiger partial charge >= 0.3 is 6.03 Å². The molecule has 94 valence electrons. The Morgan fingerprint density at radius 2 is 2.25 bits per heavy atom. The summed E-state index contributed by atoms with van der Waals surface area (Å²) < 4.78 is 0. The zero-order chi connectivity index (χ0) is 11.8. The Labute approximate surface area is 97.8 Å². The molecule has 0 radical (unpaired) electrons. The largest absolute Gasteiger partial charge is 0.396 e. The number of aliphatic hydroxyl groups excluding tert-OH is 1. The van der Waals surface area contributed by atoms with E-state index in [4.69, 9.17) is 5.11 Å². The zero-order valence-corrected chi connectivity index (χ0v) is 10.2. The van der Waals surface area contributed by atoms with E-state index in [2.05, 4.69) is 10.6 Å². The van der Waals surface area contributed by atoms with E-state index in [1.807, 2.05) is 6.92 Å². The molecule has 1 saturated carbocycles. The maximum absolute atomic E-state index is 11.4. The second-order valence-corrected chi connectivity index (χ2v) is 4.75. The molecule has 0 aliphatic heterocycles. The lowest BCUT2D eigenvalue weighted by atomic mass is 9.83. The van der Waals surface area contributed by atoms with Crippen molar-refractivity contribution in [3.63, 3.8) is 0 Å². The van der Waals surface area contributed by atoms with Crippen molar-refractivity contribution in [2.45, 2.75) is 51.5 Å². The maximum Gasteiger partial charge on any atom is 0.314 e. The molecule has 0 bridgehead atoms. The Balaban J connectivity index is 1.96. The zero-order valence-electron chi connectivity index (χ0n) is 10.2. The molecule has 1 aliphatic carbocycles. The van der Waals surface area contributed by atoms with Gasteiger partial charge in [0.2, 0.25) is 0 Å². The quantitative estimate of drug-likeness (QED) is 0.620. The Morgan fingerprint density at radius 3 is 2.81 bits per heavy atom. The van der Waals surface area contributed by atoms with Gasteiger partial charge in [-0.3, -0.25) is 0 Å². The van der Waals surface area contributed by atoms with Crippen molar-refractivity contribution >= 4 is 6.03 Å². The summed E-state index contributed by atoms with van der Waals surface area (Å²) in [6, 6.07) is 0.0561. The molecule has 0 aromatic rings. The highest BCUT2D eigenvalue weighted by Crippen LogP contribution is 2.28. The molecule has 16 heavy (non-hydrogen) atoms. The third kappa shape index (κ3) is 5.35. The van der Waals surface area contributed by atoms with Gasteiger partial charge in [-0.2, -0.15) is 0 Å². The first-order valence-electron chi connectivity index (χ1n) is 6.37. The second kappa shape index (κ2) is 7.49. The predicted octanol–water partition coefficient (Wildman–Crippen LogP) is 1.64. The van der Waals surface area contributed by atoms with E-state index in [0.717, 1.165) is 31.7 Å². The van der Waals surface area contributed by atoms with E-state index in [-0.39, 0.29) is 18.7 Å². The Morgan fingerprint density at radius 1 is 1.50 bits per heavy atom. The fourth-order valence-corrected chi connectivity index (χ4v) is 1.92. The summed E-state index contributed by atoms with van der Waals surface area (Å²) in [5.41, 5.74) is 0. The molecule has 4 nitrogen and oxygen atoms in total. The summed E-state index contributed by atoms with van der Waals surface area (Å²) in [5.74, 6) is 0.840. The highest BCUT2D eigenvalue weighted by atomic mass is 16.3. The van der Waals surface area contributed by atoms with Gasteiger partial charge in [0.15, 0.2) is 0 Å². The van der Waals surface area contributed by atoms with Crippen molar-refractivity contribution in [2.24, 2.45) is 5.92 Å². The predicted molar refractivity (Wildman–Crippen MR) is 64.3 cm³/mol. The number of nitrogens with one attached hydrogen (secondary N) is 2. The molecular weight excluding hydrogens is 204 g/mol. The number of carbonyl (C=O) groups excluding carboxylic acids is 1. The molecule has 0 heterocycles. The number of rotatable bonds is 7. The molecule has 4 heteroatoms. The molecule has 1 aliphatic rings. The molecule has 0 spiro atoms. The first-order chi connectivity index (χ1) is 7.72. The average Bonchev–Trinajstić information content (AvgIpc) is 2.18. The van der Waals surface area contributed by atoms with E-state index < -0.39 is 0 Å². The van der Waals surface area contributed by atoms with Gasteiger partial charge in [-0.1, -0.05) is 19.3 Å². The minimum Gasteiger partial charge on any atom is -0.396 e. The molecule has 0 aromatic carbocycles. The van der Waals surface area contributed by atoms with Gasteiger partial charge in [-0.15, -0.1) is 0 Å². The van der Waals surface area contributed by atoms with Gasteiger partial charge in [0.1, 0.15) is 0 Å². The fraction of sp³-hybridized carbons (Fsp3) is 0.917. The van der Waals surface area contributed by atoms with E-state index >= 15 is 0 Å². The van der Waals surface area contributed by atoms with Gasteiger partial charge < -0.3 is 15.7 Å². The summed E-state index contributed by atoms with van der Waals surface area (Å²) in [6.07, 6.45) is 6.69. The van der Waals surface area contributed by atoms with E-state index in [1.165, 1.54) is 19.3 Å².